The largest absolute Gasteiger partial charge is 0.489 e. The van der Waals surface area contributed by atoms with E-state index in [1.54, 1.807) is 0 Å². The number of rotatable bonds is 4. The average Bonchev–Trinajstić information content (AvgIpc) is 3.03. The molecular weight excluding hydrogens is 306 g/mol. The van der Waals surface area contributed by atoms with E-state index in [0.717, 1.165) is 17.0 Å². The molecule has 0 saturated carbocycles. The Bertz CT molecular complexity index is 995. The maximum atomic E-state index is 5.94. The zero-order valence-corrected chi connectivity index (χ0v) is 14.5. The van der Waals surface area contributed by atoms with Crippen LogP contribution in [0.15, 0.2) is 72.8 Å². The van der Waals surface area contributed by atoms with Gasteiger partial charge >= 0.3 is 0 Å². The molecule has 0 fully saturated rings. The summed E-state index contributed by atoms with van der Waals surface area (Å²) in [5, 5.41) is 1.17. The second-order valence-corrected chi connectivity index (χ2v) is 6.58. The summed E-state index contributed by atoms with van der Waals surface area (Å²) in [5.41, 5.74) is 7.22. The smallest absolute Gasteiger partial charge is 0.120 e. The van der Waals surface area contributed by atoms with Crippen LogP contribution < -0.4 is 4.74 Å². The molecule has 4 aromatic rings. The van der Waals surface area contributed by atoms with Crippen molar-refractivity contribution in [2.75, 3.05) is 0 Å². The van der Waals surface area contributed by atoms with E-state index in [1.165, 1.54) is 27.6 Å². The van der Waals surface area contributed by atoms with Crippen LogP contribution >= 0.6 is 0 Å². The van der Waals surface area contributed by atoms with Crippen LogP contribution in [0.4, 0.5) is 0 Å². The fourth-order valence-electron chi connectivity index (χ4n) is 3.23. The van der Waals surface area contributed by atoms with Gasteiger partial charge in [-0.15, -0.1) is 0 Å². The first kappa shape index (κ1) is 15.5. The maximum Gasteiger partial charge on any atom is 0.120 e. The number of hydrogen-bond donors (Lipinski definition) is 1. The van der Waals surface area contributed by atoms with E-state index >= 15 is 0 Å². The van der Waals surface area contributed by atoms with Gasteiger partial charge in [0, 0.05) is 16.6 Å². The number of hydrogen-bond acceptors (Lipinski definition) is 1. The fraction of sp³-hybridized carbons (Fsp3) is 0.130. The summed E-state index contributed by atoms with van der Waals surface area (Å²) in [7, 11) is 0. The molecule has 0 bridgehead atoms. The van der Waals surface area contributed by atoms with E-state index in [4.69, 9.17) is 4.74 Å². The minimum Gasteiger partial charge on any atom is -0.489 e. The van der Waals surface area contributed by atoms with Crippen LogP contribution in [-0.2, 0) is 6.61 Å². The van der Waals surface area contributed by atoms with Gasteiger partial charge in [0.1, 0.15) is 12.4 Å². The number of ether oxygens (including phenoxy) is 1. The molecule has 124 valence electrons. The van der Waals surface area contributed by atoms with Crippen LogP contribution in [0.3, 0.4) is 0 Å². The molecule has 1 N–H and O–H groups in total. The predicted molar refractivity (Wildman–Crippen MR) is 104 cm³/mol. The first-order chi connectivity index (χ1) is 12.2. The van der Waals surface area contributed by atoms with E-state index in [2.05, 4.69) is 67.4 Å². The number of aromatic nitrogens is 1. The molecule has 2 heteroatoms. The topological polar surface area (TPSA) is 25.0 Å². The van der Waals surface area contributed by atoms with E-state index in [0.29, 0.717) is 6.61 Å². The highest BCUT2D eigenvalue weighted by Gasteiger charge is 2.06. The summed E-state index contributed by atoms with van der Waals surface area (Å²) in [6.45, 7) is 4.85. The zero-order chi connectivity index (χ0) is 17.2. The molecule has 3 aromatic carbocycles. The van der Waals surface area contributed by atoms with Gasteiger partial charge in [-0.05, 0) is 61.4 Å². The summed E-state index contributed by atoms with van der Waals surface area (Å²) in [6.07, 6.45) is 0. The standard InChI is InChI=1S/C23H21NO/c1-16-10-17(2)12-19(11-16)23-14-20-13-21(8-9-22(20)24-23)25-15-18-6-4-3-5-7-18/h3-14,24H,15H2,1-2H3. The highest BCUT2D eigenvalue weighted by Crippen LogP contribution is 2.28. The van der Waals surface area contributed by atoms with Crippen molar-refractivity contribution in [3.63, 3.8) is 0 Å². The predicted octanol–water partition coefficient (Wildman–Crippen LogP) is 6.03. The zero-order valence-electron chi connectivity index (χ0n) is 14.5. The molecule has 0 atom stereocenters. The molecule has 4 rings (SSSR count). The Morgan fingerprint density at radius 3 is 2.32 bits per heavy atom. The third-order valence-electron chi connectivity index (χ3n) is 4.37. The van der Waals surface area contributed by atoms with Crippen molar-refractivity contribution in [1.29, 1.82) is 0 Å². The second kappa shape index (κ2) is 6.48. The van der Waals surface area contributed by atoms with Crippen molar-refractivity contribution in [3.8, 4) is 17.0 Å². The van der Waals surface area contributed by atoms with E-state index < -0.39 is 0 Å². The molecule has 0 spiro atoms. The lowest BCUT2D eigenvalue weighted by atomic mass is 10.1. The summed E-state index contributed by atoms with van der Waals surface area (Å²) in [6, 6.07) is 25.3. The van der Waals surface area contributed by atoms with E-state index in [9.17, 15) is 0 Å². The van der Waals surface area contributed by atoms with Crippen LogP contribution in [0.25, 0.3) is 22.2 Å². The quantitative estimate of drug-likeness (QED) is 0.486. The number of benzene rings is 3. The molecule has 0 radical (unpaired) electrons. The van der Waals surface area contributed by atoms with Crippen molar-refractivity contribution in [2.24, 2.45) is 0 Å². The number of fused-ring (bicyclic) bond motifs is 1. The minimum absolute atomic E-state index is 0.584. The fourth-order valence-corrected chi connectivity index (χ4v) is 3.23. The lowest BCUT2D eigenvalue weighted by Crippen LogP contribution is -1.94. The molecule has 1 heterocycles. The molecule has 0 aliphatic rings. The van der Waals surface area contributed by atoms with Gasteiger partial charge in [-0.2, -0.15) is 0 Å². The van der Waals surface area contributed by atoms with Gasteiger partial charge in [-0.25, -0.2) is 0 Å². The van der Waals surface area contributed by atoms with Crippen molar-refractivity contribution >= 4 is 10.9 Å². The lowest BCUT2D eigenvalue weighted by molar-refractivity contribution is 0.306. The normalized spacial score (nSPS) is 11.0. The third-order valence-corrected chi connectivity index (χ3v) is 4.37. The average molecular weight is 327 g/mol. The Morgan fingerprint density at radius 2 is 1.56 bits per heavy atom. The van der Waals surface area contributed by atoms with E-state index in [1.807, 2.05) is 24.3 Å². The Morgan fingerprint density at radius 1 is 0.800 bits per heavy atom. The molecule has 0 saturated heterocycles. The van der Waals surface area contributed by atoms with E-state index in [-0.39, 0.29) is 0 Å². The Hall–Kier alpha value is -3.00. The van der Waals surface area contributed by atoms with Gasteiger partial charge in [-0.1, -0.05) is 47.5 Å². The van der Waals surface area contributed by atoms with Crippen molar-refractivity contribution in [2.45, 2.75) is 20.5 Å². The highest BCUT2D eigenvalue weighted by atomic mass is 16.5. The lowest BCUT2D eigenvalue weighted by Gasteiger charge is -2.06. The van der Waals surface area contributed by atoms with Crippen LogP contribution in [0.5, 0.6) is 5.75 Å². The van der Waals surface area contributed by atoms with Gasteiger partial charge in [-0.3, -0.25) is 0 Å². The molecule has 0 aliphatic heterocycles. The molecule has 0 unspecified atom stereocenters. The third kappa shape index (κ3) is 3.43. The molecule has 0 amide bonds. The monoisotopic (exact) mass is 327 g/mol. The highest BCUT2D eigenvalue weighted by molar-refractivity contribution is 5.87. The summed E-state index contributed by atoms with van der Waals surface area (Å²) in [4.78, 5) is 3.51. The van der Waals surface area contributed by atoms with Crippen LogP contribution in [0.1, 0.15) is 16.7 Å². The summed E-state index contributed by atoms with van der Waals surface area (Å²) in [5.74, 6) is 0.891. The Labute approximate surface area is 148 Å². The van der Waals surface area contributed by atoms with Crippen molar-refractivity contribution < 1.29 is 4.74 Å². The first-order valence-electron chi connectivity index (χ1n) is 8.55. The Balaban J connectivity index is 1.61. The molecule has 0 aliphatic carbocycles. The van der Waals surface area contributed by atoms with Crippen molar-refractivity contribution in [3.05, 3.63) is 89.5 Å². The number of aromatic amines is 1. The molecular formula is C23H21NO. The number of aryl methyl sites for hydroxylation is 2. The first-order valence-corrected chi connectivity index (χ1v) is 8.55. The number of nitrogens with one attached hydrogen (secondary N) is 1. The second-order valence-electron chi connectivity index (χ2n) is 6.58. The minimum atomic E-state index is 0.584. The van der Waals surface area contributed by atoms with Gasteiger partial charge in [0.15, 0.2) is 0 Å². The maximum absolute atomic E-state index is 5.94. The van der Waals surface area contributed by atoms with Gasteiger partial charge in [0.2, 0.25) is 0 Å². The van der Waals surface area contributed by atoms with Gasteiger partial charge in [0.05, 0.1) is 0 Å². The van der Waals surface area contributed by atoms with Crippen LogP contribution in [0.2, 0.25) is 0 Å². The van der Waals surface area contributed by atoms with Crippen LogP contribution in [-0.4, -0.2) is 4.98 Å². The van der Waals surface area contributed by atoms with Gasteiger partial charge < -0.3 is 9.72 Å². The molecule has 2 nitrogen and oxygen atoms in total. The number of H-pyrrole nitrogens is 1. The Kier molecular flexibility index (Phi) is 4.02. The molecule has 1 aromatic heterocycles. The van der Waals surface area contributed by atoms with Crippen molar-refractivity contribution in [1.82, 2.24) is 4.98 Å². The SMILES string of the molecule is Cc1cc(C)cc(-c2cc3cc(OCc4ccccc4)ccc3[nH]2)c1. The summed E-state index contributed by atoms with van der Waals surface area (Å²) >= 11 is 0. The summed E-state index contributed by atoms with van der Waals surface area (Å²) < 4.78 is 5.94. The van der Waals surface area contributed by atoms with Gasteiger partial charge in [0.25, 0.3) is 0 Å². The van der Waals surface area contributed by atoms with Crippen LogP contribution in [0, 0.1) is 13.8 Å². The molecule has 25 heavy (non-hydrogen) atoms.